The quantitative estimate of drug-likeness (QED) is 0.604. The van der Waals surface area contributed by atoms with Crippen LogP contribution in [0.15, 0.2) is 57.5 Å². The third-order valence-electron chi connectivity index (χ3n) is 3.85. The summed E-state index contributed by atoms with van der Waals surface area (Å²) in [6.07, 6.45) is 0. The van der Waals surface area contributed by atoms with E-state index in [4.69, 9.17) is 9.26 Å². The molecule has 0 aliphatic carbocycles. The summed E-state index contributed by atoms with van der Waals surface area (Å²) >= 11 is 3.39. The molecule has 0 bridgehead atoms. The lowest BCUT2D eigenvalue weighted by molar-refractivity contribution is -0.119. The monoisotopic (exact) mass is 428 g/mol. The van der Waals surface area contributed by atoms with E-state index >= 15 is 0 Å². The number of hydrogen-bond acceptors (Lipinski definition) is 5. The SMILES string of the molecule is Cc1ccc(NC(=O)COC(=O)c2c(-c3ccccc3)noc2C)c(Br)c1. The standard InChI is InChI=1S/C20H17BrN2O4/c1-12-8-9-16(15(21)10-12)22-17(24)11-26-20(25)18-13(2)27-23-19(18)14-6-4-3-5-7-14/h3-10H,11H2,1-2H3,(H,22,24). The van der Waals surface area contributed by atoms with Gasteiger partial charge in [0.15, 0.2) is 6.61 Å². The van der Waals surface area contributed by atoms with Gasteiger partial charge in [0.2, 0.25) is 0 Å². The maximum atomic E-state index is 12.5. The highest BCUT2D eigenvalue weighted by Crippen LogP contribution is 2.26. The molecule has 0 radical (unpaired) electrons. The van der Waals surface area contributed by atoms with Crippen LogP contribution in [-0.4, -0.2) is 23.6 Å². The van der Waals surface area contributed by atoms with E-state index < -0.39 is 18.5 Å². The van der Waals surface area contributed by atoms with E-state index in [0.717, 1.165) is 15.6 Å². The number of carbonyl (C=O) groups excluding carboxylic acids is 2. The lowest BCUT2D eigenvalue weighted by Gasteiger charge is -2.09. The van der Waals surface area contributed by atoms with Crippen molar-refractivity contribution in [1.29, 1.82) is 0 Å². The van der Waals surface area contributed by atoms with Crippen LogP contribution in [-0.2, 0) is 9.53 Å². The molecule has 138 valence electrons. The van der Waals surface area contributed by atoms with E-state index in [1.54, 1.807) is 13.0 Å². The van der Waals surface area contributed by atoms with Crippen LogP contribution in [0.5, 0.6) is 0 Å². The Kier molecular flexibility index (Phi) is 5.71. The van der Waals surface area contributed by atoms with Crippen molar-refractivity contribution in [2.75, 3.05) is 11.9 Å². The van der Waals surface area contributed by atoms with Gasteiger partial charge >= 0.3 is 5.97 Å². The van der Waals surface area contributed by atoms with E-state index in [2.05, 4.69) is 26.4 Å². The van der Waals surface area contributed by atoms with E-state index in [1.807, 2.05) is 49.4 Å². The zero-order valence-electron chi connectivity index (χ0n) is 14.8. The molecule has 1 amide bonds. The average Bonchev–Trinajstić information content (AvgIpc) is 3.04. The third-order valence-corrected chi connectivity index (χ3v) is 4.50. The number of aryl methyl sites for hydroxylation is 2. The molecular formula is C20H17BrN2O4. The third kappa shape index (κ3) is 4.43. The Hall–Kier alpha value is -2.93. The molecule has 3 rings (SSSR count). The van der Waals surface area contributed by atoms with Crippen LogP contribution in [0.4, 0.5) is 5.69 Å². The van der Waals surface area contributed by atoms with Gasteiger partial charge in [0.1, 0.15) is 17.0 Å². The average molecular weight is 429 g/mol. The Labute approximate surface area is 164 Å². The molecule has 7 heteroatoms. The largest absolute Gasteiger partial charge is 0.452 e. The predicted octanol–water partition coefficient (Wildman–Crippen LogP) is 4.52. The van der Waals surface area contributed by atoms with Crippen LogP contribution in [0.1, 0.15) is 21.7 Å². The summed E-state index contributed by atoms with van der Waals surface area (Å²) in [5.74, 6) is -0.769. The molecule has 0 aliphatic heterocycles. The zero-order valence-corrected chi connectivity index (χ0v) is 16.4. The number of amides is 1. The molecule has 3 aromatic rings. The highest BCUT2D eigenvalue weighted by molar-refractivity contribution is 9.10. The summed E-state index contributed by atoms with van der Waals surface area (Å²) in [7, 11) is 0. The van der Waals surface area contributed by atoms with E-state index in [1.165, 1.54) is 0 Å². The minimum absolute atomic E-state index is 0.213. The van der Waals surface area contributed by atoms with Crippen molar-refractivity contribution in [3.63, 3.8) is 0 Å². The van der Waals surface area contributed by atoms with Gasteiger partial charge in [-0.25, -0.2) is 4.79 Å². The van der Waals surface area contributed by atoms with Crippen LogP contribution in [0.2, 0.25) is 0 Å². The van der Waals surface area contributed by atoms with Gasteiger partial charge in [-0.1, -0.05) is 41.6 Å². The van der Waals surface area contributed by atoms with Crippen LogP contribution in [0, 0.1) is 13.8 Å². The summed E-state index contributed by atoms with van der Waals surface area (Å²) in [6.45, 7) is 3.15. The zero-order chi connectivity index (χ0) is 19.4. The summed E-state index contributed by atoms with van der Waals surface area (Å²) in [6, 6.07) is 14.7. The number of rotatable bonds is 5. The summed E-state index contributed by atoms with van der Waals surface area (Å²) < 4.78 is 11.1. The van der Waals surface area contributed by atoms with Gasteiger partial charge in [0, 0.05) is 10.0 Å². The van der Waals surface area contributed by atoms with Crippen molar-refractivity contribution in [2.45, 2.75) is 13.8 Å². The highest BCUT2D eigenvalue weighted by Gasteiger charge is 2.23. The Morgan fingerprint density at radius 3 is 2.59 bits per heavy atom. The lowest BCUT2D eigenvalue weighted by Crippen LogP contribution is -2.21. The molecule has 0 spiro atoms. The van der Waals surface area contributed by atoms with Crippen LogP contribution < -0.4 is 5.32 Å². The van der Waals surface area contributed by atoms with Crippen molar-refractivity contribution in [2.24, 2.45) is 0 Å². The normalized spacial score (nSPS) is 10.5. The van der Waals surface area contributed by atoms with E-state index in [0.29, 0.717) is 17.1 Å². The minimum atomic E-state index is -0.661. The smallest absolute Gasteiger partial charge is 0.344 e. The topological polar surface area (TPSA) is 81.4 Å². The first-order valence-corrected chi connectivity index (χ1v) is 9.00. The molecule has 0 saturated heterocycles. The molecule has 27 heavy (non-hydrogen) atoms. The molecule has 0 fully saturated rings. The number of benzene rings is 2. The minimum Gasteiger partial charge on any atom is -0.452 e. The van der Waals surface area contributed by atoms with Gasteiger partial charge in [0.25, 0.3) is 5.91 Å². The molecule has 2 aromatic carbocycles. The molecular weight excluding hydrogens is 412 g/mol. The molecule has 0 unspecified atom stereocenters. The number of nitrogens with zero attached hydrogens (tertiary/aromatic N) is 1. The van der Waals surface area contributed by atoms with Crippen LogP contribution in [0.25, 0.3) is 11.3 Å². The van der Waals surface area contributed by atoms with Crippen LogP contribution in [0.3, 0.4) is 0 Å². The number of esters is 1. The number of hydrogen-bond donors (Lipinski definition) is 1. The Bertz CT molecular complexity index is 983. The van der Waals surface area contributed by atoms with Crippen molar-refractivity contribution >= 4 is 33.5 Å². The Balaban J connectivity index is 1.68. The highest BCUT2D eigenvalue weighted by atomic mass is 79.9. The molecule has 6 nitrogen and oxygen atoms in total. The molecule has 1 aromatic heterocycles. The van der Waals surface area contributed by atoms with Gasteiger partial charge in [-0.15, -0.1) is 0 Å². The van der Waals surface area contributed by atoms with Gasteiger partial charge in [-0.3, -0.25) is 4.79 Å². The molecule has 0 saturated carbocycles. The molecule has 0 atom stereocenters. The van der Waals surface area contributed by atoms with E-state index in [-0.39, 0.29) is 5.56 Å². The van der Waals surface area contributed by atoms with Crippen molar-refractivity contribution in [1.82, 2.24) is 5.16 Å². The predicted molar refractivity (Wildman–Crippen MR) is 104 cm³/mol. The second kappa shape index (κ2) is 8.18. The van der Waals surface area contributed by atoms with Crippen molar-refractivity contribution in [3.05, 3.63) is 69.9 Å². The number of aromatic nitrogens is 1. The summed E-state index contributed by atoms with van der Waals surface area (Å²) in [5, 5.41) is 6.64. The number of nitrogens with one attached hydrogen (secondary N) is 1. The fraction of sp³-hybridized carbons (Fsp3) is 0.150. The second-order valence-electron chi connectivity index (χ2n) is 5.94. The van der Waals surface area contributed by atoms with Crippen molar-refractivity contribution < 1.29 is 18.8 Å². The number of ether oxygens (including phenoxy) is 1. The summed E-state index contributed by atoms with van der Waals surface area (Å²) in [5.41, 5.74) is 3.00. The lowest BCUT2D eigenvalue weighted by atomic mass is 10.1. The molecule has 1 heterocycles. The number of anilines is 1. The maximum absolute atomic E-state index is 12.5. The number of carbonyl (C=O) groups is 2. The van der Waals surface area contributed by atoms with E-state index in [9.17, 15) is 9.59 Å². The van der Waals surface area contributed by atoms with Crippen molar-refractivity contribution in [3.8, 4) is 11.3 Å². The molecule has 0 aliphatic rings. The van der Waals surface area contributed by atoms with Crippen LogP contribution >= 0.6 is 15.9 Å². The van der Waals surface area contributed by atoms with Gasteiger partial charge in [-0.05, 0) is 47.5 Å². The van der Waals surface area contributed by atoms with Gasteiger partial charge in [0.05, 0.1) is 5.69 Å². The number of halogens is 1. The second-order valence-corrected chi connectivity index (χ2v) is 6.79. The maximum Gasteiger partial charge on any atom is 0.344 e. The molecule has 1 N–H and O–H groups in total. The fourth-order valence-electron chi connectivity index (χ4n) is 2.52. The fourth-order valence-corrected chi connectivity index (χ4v) is 3.11. The Morgan fingerprint density at radius 2 is 1.89 bits per heavy atom. The first-order chi connectivity index (χ1) is 13.0. The first kappa shape index (κ1) is 18.8. The Morgan fingerprint density at radius 1 is 1.15 bits per heavy atom. The van der Waals surface area contributed by atoms with Gasteiger partial charge < -0.3 is 14.6 Å². The first-order valence-electron chi connectivity index (χ1n) is 8.20. The summed E-state index contributed by atoms with van der Waals surface area (Å²) in [4.78, 5) is 24.6. The van der Waals surface area contributed by atoms with Gasteiger partial charge in [-0.2, -0.15) is 0 Å².